The first-order valence-electron chi connectivity index (χ1n) is 5.48. The van der Waals surface area contributed by atoms with Crippen LogP contribution in [0, 0.1) is 0 Å². The van der Waals surface area contributed by atoms with Crippen LogP contribution in [0.4, 0.5) is 0 Å². The van der Waals surface area contributed by atoms with Crippen molar-refractivity contribution in [2.75, 3.05) is 0 Å². The first-order valence-corrected chi connectivity index (χ1v) is 5.48. The van der Waals surface area contributed by atoms with Crippen molar-refractivity contribution < 1.29 is 0 Å². The Balaban J connectivity index is 2.78. The van der Waals surface area contributed by atoms with Crippen LogP contribution in [0.5, 0.6) is 0 Å². The third-order valence-corrected chi connectivity index (χ3v) is 2.72. The molecule has 0 nitrogen and oxygen atoms in total. The van der Waals surface area contributed by atoms with E-state index in [1.807, 2.05) is 0 Å². The first-order chi connectivity index (χ1) is 6.77. The van der Waals surface area contributed by atoms with Gasteiger partial charge in [0.25, 0.3) is 0 Å². The molecule has 0 aliphatic rings. The average molecular weight is 188 g/mol. The smallest absolute Gasteiger partial charge is 0.00975 e. The van der Waals surface area contributed by atoms with E-state index in [2.05, 4.69) is 57.2 Å². The Hall–Kier alpha value is -1.04. The summed E-state index contributed by atoms with van der Waals surface area (Å²) in [7, 11) is 0. The van der Waals surface area contributed by atoms with Gasteiger partial charge >= 0.3 is 0 Å². The van der Waals surface area contributed by atoms with E-state index in [0.717, 1.165) is 6.42 Å². The second kappa shape index (κ2) is 5.64. The highest BCUT2D eigenvalue weighted by Gasteiger charge is 2.02. The van der Waals surface area contributed by atoms with Gasteiger partial charge in [0.1, 0.15) is 0 Å². The molecule has 0 amide bonds. The summed E-state index contributed by atoms with van der Waals surface area (Å²) in [6.07, 6.45) is 6.58. The summed E-state index contributed by atoms with van der Waals surface area (Å²) in [6, 6.07) is 8.92. The summed E-state index contributed by atoms with van der Waals surface area (Å²) in [5.41, 5.74) is 2.88. The lowest BCUT2D eigenvalue weighted by molar-refractivity contribution is 0.732. The van der Waals surface area contributed by atoms with Gasteiger partial charge in [-0.2, -0.15) is 0 Å². The third kappa shape index (κ3) is 3.02. The Morgan fingerprint density at radius 2 is 2.14 bits per heavy atom. The van der Waals surface area contributed by atoms with E-state index in [1.165, 1.54) is 17.5 Å². The van der Waals surface area contributed by atoms with Gasteiger partial charge < -0.3 is 0 Å². The Morgan fingerprint density at radius 3 is 2.79 bits per heavy atom. The van der Waals surface area contributed by atoms with Crippen LogP contribution in [0.1, 0.15) is 44.2 Å². The predicted molar refractivity (Wildman–Crippen MR) is 63.7 cm³/mol. The summed E-state index contributed by atoms with van der Waals surface area (Å²) in [5, 5.41) is 0. The normalized spacial score (nSPS) is 13.4. The highest BCUT2D eigenvalue weighted by Crippen LogP contribution is 2.19. The molecular formula is C14H20. The minimum atomic E-state index is 0.681. The molecular weight excluding hydrogens is 168 g/mol. The van der Waals surface area contributed by atoms with E-state index in [1.54, 1.807) is 0 Å². The Bertz CT molecular complexity index is 297. The van der Waals surface area contributed by atoms with E-state index in [0.29, 0.717) is 5.92 Å². The molecule has 0 saturated heterocycles. The van der Waals surface area contributed by atoms with Crippen molar-refractivity contribution in [2.24, 2.45) is 0 Å². The Labute approximate surface area is 87.7 Å². The number of hydrogen-bond donors (Lipinski definition) is 0. The summed E-state index contributed by atoms with van der Waals surface area (Å²) in [5.74, 6) is 0.681. The molecule has 76 valence electrons. The summed E-state index contributed by atoms with van der Waals surface area (Å²) >= 11 is 0. The summed E-state index contributed by atoms with van der Waals surface area (Å²) in [4.78, 5) is 0. The van der Waals surface area contributed by atoms with E-state index in [4.69, 9.17) is 0 Å². The molecule has 14 heavy (non-hydrogen) atoms. The first kappa shape index (κ1) is 11.0. The van der Waals surface area contributed by atoms with Gasteiger partial charge in [0.15, 0.2) is 0 Å². The van der Waals surface area contributed by atoms with Gasteiger partial charge in [-0.15, -0.1) is 0 Å². The molecule has 0 fully saturated rings. The second-order valence-electron chi connectivity index (χ2n) is 3.83. The maximum atomic E-state index is 2.33. The van der Waals surface area contributed by atoms with Crippen molar-refractivity contribution >= 4 is 0 Å². The topological polar surface area (TPSA) is 0 Å². The zero-order chi connectivity index (χ0) is 10.4. The van der Waals surface area contributed by atoms with Crippen molar-refractivity contribution in [3.63, 3.8) is 0 Å². The van der Waals surface area contributed by atoms with Crippen molar-refractivity contribution in [3.8, 4) is 0 Å². The molecule has 0 aromatic heterocycles. The fourth-order valence-corrected chi connectivity index (χ4v) is 1.52. The van der Waals surface area contributed by atoms with Crippen molar-refractivity contribution in [1.82, 2.24) is 0 Å². The van der Waals surface area contributed by atoms with Gasteiger partial charge in [-0.3, -0.25) is 0 Å². The average Bonchev–Trinajstić information content (AvgIpc) is 2.25. The zero-order valence-corrected chi connectivity index (χ0v) is 9.46. The molecule has 0 spiro atoms. The predicted octanol–water partition coefficient (Wildman–Crippen LogP) is 4.32. The maximum absolute atomic E-state index is 2.33. The molecule has 0 aliphatic heterocycles. The van der Waals surface area contributed by atoms with Gasteiger partial charge in [0.2, 0.25) is 0 Å². The Kier molecular flexibility index (Phi) is 4.45. The molecule has 0 heteroatoms. The fourth-order valence-electron chi connectivity index (χ4n) is 1.52. The molecule has 0 bridgehead atoms. The number of rotatable bonds is 4. The van der Waals surface area contributed by atoms with Crippen LogP contribution >= 0.6 is 0 Å². The summed E-state index contributed by atoms with van der Waals surface area (Å²) in [6.45, 7) is 6.59. The summed E-state index contributed by atoms with van der Waals surface area (Å²) < 4.78 is 0. The lowest BCUT2D eigenvalue weighted by Gasteiger charge is -2.09. The van der Waals surface area contributed by atoms with Gasteiger partial charge in [-0.1, -0.05) is 50.3 Å². The lowest BCUT2D eigenvalue weighted by atomic mass is 9.96. The highest BCUT2D eigenvalue weighted by molar-refractivity contribution is 5.27. The quantitative estimate of drug-likeness (QED) is 0.617. The highest BCUT2D eigenvalue weighted by atomic mass is 14.1. The molecule has 1 aromatic carbocycles. The van der Waals surface area contributed by atoms with Crippen LogP contribution in [0.15, 0.2) is 36.4 Å². The molecule has 0 saturated carbocycles. The largest absolute Gasteiger partial charge is 0.0913 e. The minimum Gasteiger partial charge on any atom is -0.0913 e. The van der Waals surface area contributed by atoms with Gasteiger partial charge in [0.05, 0.1) is 0 Å². The Morgan fingerprint density at radius 1 is 1.36 bits per heavy atom. The molecule has 0 aliphatic carbocycles. The van der Waals surface area contributed by atoms with Crippen molar-refractivity contribution in [3.05, 3.63) is 47.5 Å². The molecule has 0 radical (unpaired) electrons. The molecule has 1 rings (SSSR count). The zero-order valence-electron chi connectivity index (χ0n) is 9.46. The third-order valence-electron chi connectivity index (χ3n) is 2.72. The van der Waals surface area contributed by atoms with Crippen LogP contribution in [-0.4, -0.2) is 0 Å². The molecule has 0 N–H and O–H groups in total. The van der Waals surface area contributed by atoms with Gasteiger partial charge in [-0.05, 0) is 36.8 Å². The number of hydrogen-bond acceptors (Lipinski definition) is 0. The molecule has 0 heterocycles. The van der Waals surface area contributed by atoms with Crippen LogP contribution < -0.4 is 0 Å². The number of allylic oxidation sites excluding steroid dienone is 2. The van der Waals surface area contributed by atoms with E-state index in [-0.39, 0.29) is 0 Å². The van der Waals surface area contributed by atoms with Gasteiger partial charge in [0, 0.05) is 0 Å². The SMILES string of the molecule is CC=CCc1cccc(C(C)CC)c1. The van der Waals surface area contributed by atoms with E-state index < -0.39 is 0 Å². The minimum absolute atomic E-state index is 0.681. The van der Waals surface area contributed by atoms with Crippen molar-refractivity contribution in [1.29, 1.82) is 0 Å². The number of benzene rings is 1. The standard InChI is InChI=1S/C14H20/c1-4-6-8-13-9-7-10-14(11-13)12(3)5-2/h4,6-7,9-12H,5,8H2,1-3H3. The molecule has 1 unspecified atom stereocenters. The van der Waals surface area contributed by atoms with Crippen LogP contribution in [0.3, 0.4) is 0 Å². The second-order valence-corrected chi connectivity index (χ2v) is 3.83. The van der Waals surface area contributed by atoms with Gasteiger partial charge in [-0.25, -0.2) is 0 Å². The monoisotopic (exact) mass is 188 g/mol. The molecule has 1 aromatic rings. The van der Waals surface area contributed by atoms with Crippen LogP contribution in [0.25, 0.3) is 0 Å². The molecule has 1 atom stereocenters. The lowest BCUT2D eigenvalue weighted by Crippen LogP contribution is -1.92. The van der Waals surface area contributed by atoms with Crippen LogP contribution in [-0.2, 0) is 6.42 Å². The maximum Gasteiger partial charge on any atom is -0.00975 e. The van der Waals surface area contributed by atoms with Crippen molar-refractivity contribution in [2.45, 2.75) is 39.5 Å². The fraction of sp³-hybridized carbons (Fsp3) is 0.429. The van der Waals surface area contributed by atoms with E-state index in [9.17, 15) is 0 Å². The van der Waals surface area contributed by atoms with Crippen LogP contribution in [0.2, 0.25) is 0 Å². The van der Waals surface area contributed by atoms with E-state index >= 15 is 0 Å².